The summed E-state index contributed by atoms with van der Waals surface area (Å²) in [5, 5.41) is 0. The minimum atomic E-state index is -1.13. The van der Waals surface area contributed by atoms with Gasteiger partial charge in [-0.25, -0.2) is 9.59 Å². The van der Waals surface area contributed by atoms with Crippen molar-refractivity contribution < 1.29 is 33.4 Å². The highest BCUT2D eigenvalue weighted by atomic mass is 16.6. The van der Waals surface area contributed by atoms with Crippen LogP contribution in [0, 0.1) is 5.41 Å². The number of carbonyl (C=O) groups is 4. The van der Waals surface area contributed by atoms with Crippen molar-refractivity contribution in [1.82, 2.24) is 4.90 Å². The van der Waals surface area contributed by atoms with Gasteiger partial charge in [-0.3, -0.25) is 9.59 Å². The number of hydrogen-bond donors (Lipinski definition) is 0. The summed E-state index contributed by atoms with van der Waals surface area (Å²) in [5.41, 5.74) is -1.78. The Kier molecular flexibility index (Phi) is 5.74. The number of Topliss-reactive ketones (excluding diaryl/α,β-unsaturated/α-hetero) is 1. The number of hydrogen-bond acceptors (Lipinski definition) is 7. The molecule has 0 bridgehead atoms. The summed E-state index contributed by atoms with van der Waals surface area (Å²) in [5.74, 6) is -1.60. The molecule has 0 N–H and O–H groups in total. The van der Waals surface area contributed by atoms with Gasteiger partial charge in [0.15, 0.2) is 6.61 Å². The van der Waals surface area contributed by atoms with Crippen molar-refractivity contribution in [1.29, 1.82) is 0 Å². The van der Waals surface area contributed by atoms with E-state index in [9.17, 15) is 19.2 Å². The molecule has 1 rings (SSSR count). The Balaban J connectivity index is 2.69. The fourth-order valence-electron chi connectivity index (χ4n) is 2.27. The lowest BCUT2D eigenvalue weighted by Gasteiger charge is -2.47. The lowest BCUT2D eigenvalue weighted by atomic mass is 9.76. The third-order valence-corrected chi connectivity index (χ3v) is 3.21. The Labute approximate surface area is 135 Å². The molecular weight excluding hydrogens is 306 g/mol. The van der Waals surface area contributed by atoms with Crippen molar-refractivity contribution in [3.63, 3.8) is 0 Å². The van der Waals surface area contributed by atoms with E-state index in [1.807, 2.05) is 0 Å². The number of carbonyl (C=O) groups excluding carboxylic acids is 4. The van der Waals surface area contributed by atoms with Crippen molar-refractivity contribution >= 4 is 23.8 Å². The second kappa shape index (κ2) is 6.97. The van der Waals surface area contributed by atoms with Crippen molar-refractivity contribution in [3.8, 4) is 0 Å². The molecule has 0 aromatic carbocycles. The van der Waals surface area contributed by atoms with Gasteiger partial charge in [0.05, 0.1) is 7.11 Å². The second-order valence-corrected chi connectivity index (χ2v) is 6.65. The first kappa shape index (κ1) is 18.9. The first-order valence-electron chi connectivity index (χ1n) is 7.20. The summed E-state index contributed by atoms with van der Waals surface area (Å²) in [6.45, 7) is 6.06. The molecule has 0 aliphatic carbocycles. The molecule has 23 heavy (non-hydrogen) atoms. The van der Waals surface area contributed by atoms with E-state index in [1.165, 1.54) is 18.9 Å². The van der Waals surface area contributed by atoms with Crippen LogP contribution in [0.3, 0.4) is 0 Å². The largest absolute Gasteiger partial charge is 0.466 e. The molecule has 0 aromatic rings. The van der Waals surface area contributed by atoms with Crippen LogP contribution in [0.1, 0.15) is 34.1 Å². The highest BCUT2D eigenvalue weighted by Crippen LogP contribution is 2.36. The van der Waals surface area contributed by atoms with Gasteiger partial charge < -0.3 is 19.1 Å². The monoisotopic (exact) mass is 329 g/mol. The molecule has 0 saturated carbocycles. The summed E-state index contributed by atoms with van der Waals surface area (Å²) in [6, 6.07) is 0. The number of ether oxygens (including phenoxy) is 3. The summed E-state index contributed by atoms with van der Waals surface area (Å²) in [6.07, 6.45) is -0.621. The first-order valence-corrected chi connectivity index (χ1v) is 7.20. The van der Waals surface area contributed by atoms with E-state index in [4.69, 9.17) is 9.47 Å². The maximum absolute atomic E-state index is 12.2. The van der Waals surface area contributed by atoms with Crippen LogP contribution < -0.4 is 0 Å². The third kappa shape index (κ3) is 5.22. The molecule has 1 heterocycles. The van der Waals surface area contributed by atoms with Gasteiger partial charge in [-0.05, 0) is 27.7 Å². The predicted octanol–water partition coefficient (Wildman–Crippen LogP) is 0.919. The van der Waals surface area contributed by atoms with E-state index >= 15 is 0 Å². The second-order valence-electron chi connectivity index (χ2n) is 6.65. The van der Waals surface area contributed by atoms with Crippen LogP contribution in [0.25, 0.3) is 0 Å². The summed E-state index contributed by atoms with van der Waals surface area (Å²) in [4.78, 5) is 47.9. The molecule has 130 valence electrons. The predicted molar refractivity (Wildman–Crippen MR) is 78.5 cm³/mol. The van der Waals surface area contributed by atoms with Crippen LogP contribution in [-0.2, 0) is 28.6 Å². The Morgan fingerprint density at radius 1 is 1.13 bits per heavy atom. The summed E-state index contributed by atoms with van der Waals surface area (Å²) >= 11 is 0. The van der Waals surface area contributed by atoms with E-state index in [0.717, 1.165) is 0 Å². The van der Waals surface area contributed by atoms with Crippen molar-refractivity contribution in [3.05, 3.63) is 0 Å². The zero-order chi connectivity index (χ0) is 17.8. The molecule has 0 radical (unpaired) electrons. The lowest BCUT2D eigenvalue weighted by molar-refractivity contribution is -0.173. The van der Waals surface area contributed by atoms with Crippen molar-refractivity contribution in [2.24, 2.45) is 5.41 Å². The summed E-state index contributed by atoms with van der Waals surface area (Å²) in [7, 11) is 1.18. The number of nitrogens with zero attached hydrogens (tertiary/aromatic N) is 1. The molecule has 1 amide bonds. The zero-order valence-corrected chi connectivity index (χ0v) is 14.1. The van der Waals surface area contributed by atoms with Crippen LogP contribution in [0.4, 0.5) is 4.79 Å². The van der Waals surface area contributed by atoms with Gasteiger partial charge in [-0.1, -0.05) is 0 Å². The van der Waals surface area contributed by atoms with Crippen molar-refractivity contribution in [2.75, 3.05) is 26.8 Å². The molecule has 1 saturated heterocycles. The average Bonchev–Trinajstić information content (AvgIpc) is 2.36. The topological polar surface area (TPSA) is 99.2 Å². The third-order valence-electron chi connectivity index (χ3n) is 3.21. The molecule has 0 spiro atoms. The van der Waals surface area contributed by atoms with E-state index < -0.39 is 35.7 Å². The fraction of sp³-hybridized carbons (Fsp3) is 0.733. The Morgan fingerprint density at radius 2 is 1.70 bits per heavy atom. The van der Waals surface area contributed by atoms with Gasteiger partial charge in [0.25, 0.3) is 0 Å². The van der Waals surface area contributed by atoms with Crippen LogP contribution in [0.15, 0.2) is 0 Å². The van der Waals surface area contributed by atoms with Crippen LogP contribution in [0.2, 0.25) is 0 Å². The van der Waals surface area contributed by atoms with Gasteiger partial charge in [0.2, 0.25) is 0 Å². The van der Waals surface area contributed by atoms with E-state index in [2.05, 4.69) is 4.74 Å². The standard InChI is InChI=1S/C15H23NO7/c1-10(17)6-15(12(19)22-7-11(18)21-5)8-16(9-15)13(20)23-14(2,3)4/h6-9H2,1-5H3. The number of ketones is 1. The van der Waals surface area contributed by atoms with Gasteiger partial charge in [0.1, 0.15) is 16.8 Å². The highest BCUT2D eigenvalue weighted by Gasteiger charge is 2.54. The van der Waals surface area contributed by atoms with Crippen LogP contribution in [0.5, 0.6) is 0 Å². The van der Waals surface area contributed by atoms with Gasteiger partial charge in [-0.2, -0.15) is 0 Å². The van der Waals surface area contributed by atoms with Crippen LogP contribution >= 0.6 is 0 Å². The maximum atomic E-state index is 12.2. The zero-order valence-electron chi connectivity index (χ0n) is 14.1. The van der Waals surface area contributed by atoms with Crippen molar-refractivity contribution in [2.45, 2.75) is 39.7 Å². The Bertz CT molecular complexity index is 500. The maximum Gasteiger partial charge on any atom is 0.410 e. The molecule has 0 aromatic heterocycles. The molecule has 1 aliphatic heterocycles. The minimum absolute atomic E-state index is 0.0154. The van der Waals surface area contributed by atoms with Gasteiger partial charge in [-0.15, -0.1) is 0 Å². The number of amides is 1. The molecule has 0 atom stereocenters. The molecule has 0 unspecified atom stereocenters. The number of esters is 2. The molecule has 8 heteroatoms. The Morgan fingerprint density at radius 3 is 2.13 bits per heavy atom. The molecule has 1 fully saturated rings. The number of likely N-dealkylation sites (tertiary alicyclic amines) is 1. The fourth-order valence-corrected chi connectivity index (χ4v) is 2.27. The summed E-state index contributed by atoms with van der Waals surface area (Å²) < 4.78 is 14.5. The normalized spacial score (nSPS) is 16.1. The smallest absolute Gasteiger partial charge is 0.410 e. The van der Waals surface area contributed by atoms with E-state index in [0.29, 0.717) is 0 Å². The first-order chi connectivity index (χ1) is 10.5. The van der Waals surface area contributed by atoms with E-state index in [-0.39, 0.29) is 25.3 Å². The SMILES string of the molecule is COC(=O)COC(=O)C1(CC(C)=O)CN(C(=O)OC(C)(C)C)C1. The average molecular weight is 329 g/mol. The minimum Gasteiger partial charge on any atom is -0.466 e. The molecule has 1 aliphatic rings. The lowest BCUT2D eigenvalue weighted by Crippen LogP contribution is -2.63. The van der Waals surface area contributed by atoms with Crippen LogP contribution in [-0.4, -0.2) is 61.1 Å². The van der Waals surface area contributed by atoms with Gasteiger partial charge in [0, 0.05) is 19.5 Å². The Hall–Kier alpha value is -2.12. The quantitative estimate of drug-likeness (QED) is 0.546. The molecular formula is C15H23NO7. The highest BCUT2D eigenvalue weighted by molar-refractivity contribution is 5.89. The number of methoxy groups -OCH3 is 1. The molecule has 8 nitrogen and oxygen atoms in total. The van der Waals surface area contributed by atoms with E-state index in [1.54, 1.807) is 20.8 Å². The van der Waals surface area contributed by atoms with Gasteiger partial charge >= 0.3 is 18.0 Å². The number of rotatable bonds is 5.